The van der Waals surface area contributed by atoms with Crippen molar-refractivity contribution in [1.29, 1.82) is 0 Å². The van der Waals surface area contributed by atoms with Crippen LogP contribution in [0.4, 0.5) is 10.1 Å². The topological polar surface area (TPSA) is 96.0 Å². The number of halogens is 2. The van der Waals surface area contributed by atoms with E-state index >= 15 is 0 Å². The van der Waals surface area contributed by atoms with Crippen molar-refractivity contribution in [1.82, 2.24) is 10.2 Å². The first-order chi connectivity index (χ1) is 20.6. The van der Waals surface area contributed by atoms with Gasteiger partial charge in [-0.05, 0) is 92.4 Å². The van der Waals surface area contributed by atoms with Gasteiger partial charge in [0.05, 0.1) is 17.2 Å². The van der Waals surface area contributed by atoms with Crippen molar-refractivity contribution in [3.05, 3.63) is 89.2 Å². The van der Waals surface area contributed by atoms with Crippen molar-refractivity contribution >= 4 is 39.1 Å². The van der Waals surface area contributed by atoms with Gasteiger partial charge < -0.3 is 15.0 Å². The molecule has 43 heavy (non-hydrogen) atoms. The molecule has 0 unspecified atom stereocenters. The van der Waals surface area contributed by atoms with E-state index in [4.69, 9.17) is 16.3 Å². The number of hydrogen-bond acceptors (Lipinski definition) is 5. The fourth-order valence-electron chi connectivity index (χ4n) is 5.21. The summed E-state index contributed by atoms with van der Waals surface area (Å²) in [7, 11) is -4.24. The molecule has 1 aliphatic rings. The first-order valence-corrected chi connectivity index (χ1v) is 16.3. The summed E-state index contributed by atoms with van der Waals surface area (Å²) >= 11 is 6.01. The van der Waals surface area contributed by atoms with E-state index in [0.29, 0.717) is 29.4 Å². The number of anilines is 1. The zero-order valence-corrected chi connectivity index (χ0v) is 25.9. The minimum Gasteiger partial charge on any atom is -0.494 e. The molecule has 3 aromatic carbocycles. The fraction of sp³-hybridized carbons (Fsp3) is 0.375. The number of rotatable bonds is 13. The second-order valence-corrected chi connectivity index (χ2v) is 12.8. The van der Waals surface area contributed by atoms with E-state index in [1.54, 1.807) is 43.3 Å². The third kappa shape index (κ3) is 8.26. The Morgan fingerprint density at radius 2 is 1.60 bits per heavy atom. The molecular formula is C32H37ClFN3O5S. The summed E-state index contributed by atoms with van der Waals surface area (Å²) < 4.78 is 48.2. The van der Waals surface area contributed by atoms with Gasteiger partial charge in [-0.25, -0.2) is 12.8 Å². The number of nitrogens with one attached hydrogen (secondary N) is 1. The molecule has 0 spiro atoms. The predicted molar refractivity (Wildman–Crippen MR) is 165 cm³/mol. The molecule has 1 aliphatic carbocycles. The van der Waals surface area contributed by atoms with Gasteiger partial charge in [0.15, 0.2) is 0 Å². The van der Waals surface area contributed by atoms with Gasteiger partial charge in [0.25, 0.3) is 10.0 Å². The van der Waals surface area contributed by atoms with E-state index in [-0.39, 0.29) is 29.1 Å². The molecule has 3 aromatic rings. The third-order valence-corrected chi connectivity index (χ3v) is 9.51. The largest absolute Gasteiger partial charge is 0.494 e. The van der Waals surface area contributed by atoms with Crippen molar-refractivity contribution in [3.63, 3.8) is 0 Å². The molecule has 8 nitrogen and oxygen atoms in total. The first-order valence-electron chi connectivity index (χ1n) is 14.5. The van der Waals surface area contributed by atoms with Crippen LogP contribution in [0.2, 0.25) is 5.02 Å². The number of carbonyl (C=O) groups is 2. The van der Waals surface area contributed by atoms with Gasteiger partial charge in [0.2, 0.25) is 11.8 Å². The highest BCUT2D eigenvalue weighted by Gasteiger charge is 2.34. The fourth-order valence-corrected chi connectivity index (χ4v) is 6.75. The number of nitrogens with zero attached hydrogens (tertiary/aromatic N) is 2. The van der Waals surface area contributed by atoms with Crippen molar-refractivity contribution in [2.24, 2.45) is 0 Å². The van der Waals surface area contributed by atoms with Crippen LogP contribution in [0.3, 0.4) is 0 Å². The second-order valence-electron chi connectivity index (χ2n) is 10.5. The minimum absolute atomic E-state index is 0.00613. The number of ether oxygens (including phenoxy) is 1. The zero-order chi connectivity index (χ0) is 31.0. The molecular weight excluding hydrogens is 593 g/mol. The number of carbonyl (C=O) groups excluding carboxylic acids is 2. The highest BCUT2D eigenvalue weighted by molar-refractivity contribution is 7.92. The van der Waals surface area contributed by atoms with Crippen molar-refractivity contribution in [3.8, 4) is 5.75 Å². The first kappa shape index (κ1) is 32.3. The molecule has 0 aliphatic heterocycles. The maximum Gasteiger partial charge on any atom is 0.264 e. The number of sulfonamides is 1. The van der Waals surface area contributed by atoms with Crippen molar-refractivity contribution < 1.29 is 27.1 Å². The van der Waals surface area contributed by atoms with Crippen molar-refractivity contribution in [2.45, 2.75) is 69.5 Å². The monoisotopic (exact) mass is 629 g/mol. The lowest BCUT2D eigenvalue weighted by Crippen LogP contribution is -2.53. The summed E-state index contributed by atoms with van der Waals surface area (Å²) in [5, 5.41) is 3.44. The maximum absolute atomic E-state index is 14.2. The van der Waals surface area contributed by atoms with Crippen LogP contribution in [0.5, 0.6) is 5.75 Å². The van der Waals surface area contributed by atoms with Gasteiger partial charge >= 0.3 is 0 Å². The molecule has 1 N–H and O–H groups in total. The van der Waals surface area contributed by atoms with Crippen LogP contribution in [0.15, 0.2) is 77.7 Å². The highest BCUT2D eigenvalue weighted by Crippen LogP contribution is 2.28. The molecule has 1 atom stereocenters. The molecule has 0 aromatic heterocycles. The Hall–Kier alpha value is -3.63. The van der Waals surface area contributed by atoms with E-state index in [1.165, 1.54) is 41.3 Å². The Bertz CT molecular complexity index is 1480. The molecule has 11 heteroatoms. The van der Waals surface area contributed by atoms with Gasteiger partial charge in [-0.2, -0.15) is 0 Å². The van der Waals surface area contributed by atoms with Crippen LogP contribution in [-0.4, -0.2) is 50.4 Å². The number of hydrogen-bond donors (Lipinski definition) is 1. The van der Waals surface area contributed by atoms with Crippen LogP contribution in [0.1, 0.15) is 51.5 Å². The molecule has 1 saturated carbocycles. The standard InChI is InChI=1S/C32H37ClFN3O5S/c1-3-30(32(39)35-26-7-5-6-8-26)36(21-23-9-13-25(34)14-10-23)31(38)22-37(27-15-17-28(18-16-27)42-4-2)43(40,41)29-19-11-24(33)12-20-29/h9-20,26,30H,3-8,21-22H2,1-2H3,(H,35,39)/t30-/m0/s1. The molecule has 0 radical (unpaired) electrons. The van der Waals surface area contributed by atoms with Crippen LogP contribution in [0, 0.1) is 5.82 Å². The predicted octanol–water partition coefficient (Wildman–Crippen LogP) is 5.94. The lowest BCUT2D eigenvalue weighted by Gasteiger charge is -2.33. The highest BCUT2D eigenvalue weighted by atomic mass is 35.5. The number of amides is 2. The molecule has 2 amide bonds. The van der Waals surface area contributed by atoms with Gasteiger partial charge in [-0.3, -0.25) is 13.9 Å². The molecule has 4 rings (SSSR count). The summed E-state index contributed by atoms with van der Waals surface area (Å²) in [5.41, 5.74) is 0.854. The Balaban J connectivity index is 1.71. The summed E-state index contributed by atoms with van der Waals surface area (Å²) in [6, 6.07) is 16.9. The maximum atomic E-state index is 14.2. The van der Waals surface area contributed by atoms with E-state index in [9.17, 15) is 22.4 Å². The summed E-state index contributed by atoms with van der Waals surface area (Å²) in [4.78, 5) is 29.0. The lowest BCUT2D eigenvalue weighted by atomic mass is 10.1. The molecule has 1 fully saturated rings. The van der Waals surface area contributed by atoms with Gasteiger partial charge in [0.1, 0.15) is 24.2 Å². The average Bonchev–Trinajstić information content (AvgIpc) is 3.50. The second kappa shape index (κ2) is 14.7. The molecule has 0 bridgehead atoms. The van der Waals surface area contributed by atoms with Crippen LogP contribution < -0.4 is 14.4 Å². The number of benzene rings is 3. The Labute approximate surface area is 257 Å². The Kier molecular flexibility index (Phi) is 11.0. The summed E-state index contributed by atoms with van der Waals surface area (Å²) in [6.07, 6.45) is 4.11. The Morgan fingerprint density at radius 3 is 2.19 bits per heavy atom. The normalized spacial score (nSPS) is 14.2. The molecule has 0 saturated heterocycles. The van der Waals surface area contributed by atoms with Gasteiger partial charge in [-0.1, -0.05) is 43.5 Å². The summed E-state index contributed by atoms with van der Waals surface area (Å²) in [6.45, 7) is 3.50. The lowest BCUT2D eigenvalue weighted by molar-refractivity contribution is -0.140. The average molecular weight is 630 g/mol. The van der Waals surface area contributed by atoms with Gasteiger partial charge in [0, 0.05) is 17.6 Å². The van der Waals surface area contributed by atoms with E-state index in [1.807, 2.05) is 6.92 Å². The van der Waals surface area contributed by atoms with E-state index in [2.05, 4.69) is 5.32 Å². The Morgan fingerprint density at radius 1 is 0.977 bits per heavy atom. The smallest absolute Gasteiger partial charge is 0.264 e. The van der Waals surface area contributed by atoms with E-state index < -0.39 is 34.3 Å². The minimum atomic E-state index is -4.24. The van der Waals surface area contributed by atoms with Crippen LogP contribution in [-0.2, 0) is 26.2 Å². The van der Waals surface area contributed by atoms with Crippen molar-refractivity contribution in [2.75, 3.05) is 17.5 Å². The quantitative estimate of drug-likeness (QED) is 0.253. The molecule has 0 heterocycles. The molecule has 230 valence electrons. The zero-order valence-electron chi connectivity index (χ0n) is 24.3. The van der Waals surface area contributed by atoms with E-state index in [0.717, 1.165) is 30.0 Å². The third-order valence-electron chi connectivity index (χ3n) is 7.47. The summed E-state index contributed by atoms with van der Waals surface area (Å²) in [5.74, 6) is -0.750. The van der Waals surface area contributed by atoms with Gasteiger partial charge in [-0.15, -0.1) is 0 Å². The van der Waals surface area contributed by atoms with Crippen LogP contribution >= 0.6 is 11.6 Å². The van der Waals surface area contributed by atoms with Crippen LogP contribution in [0.25, 0.3) is 0 Å². The SMILES string of the molecule is CCOc1ccc(N(CC(=O)N(Cc2ccc(F)cc2)[C@@H](CC)C(=O)NC2CCCC2)S(=O)(=O)c2ccc(Cl)cc2)cc1.